The van der Waals surface area contributed by atoms with Crippen LogP contribution in [0.25, 0.3) is 0 Å². The molecule has 0 heterocycles. The van der Waals surface area contributed by atoms with Crippen molar-refractivity contribution in [2.45, 2.75) is 46.0 Å². The maximum atomic E-state index is 3.78. The Balaban J connectivity index is 1.73. The van der Waals surface area contributed by atoms with Gasteiger partial charge in [0.05, 0.1) is 0 Å². The minimum Gasteiger partial charge on any atom is -0.316 e. The van der Waals surface area contributed by atoms with E-state index in [1.165, 1.54) is 48.7 Å². The van der Waals surface area contributed by atoms with Crippen molar-refractivity contribution in [3.63, 3.8) is 0 Å². The van der Waals surface area contributed by atoms with E-state index in [-0.39, 0.29) is 0 Å². The molecule has 2 aliphatic carbocycles. The van der Waals surface area contributed by atoms with Crippen LogP contribution in [0.15, 0.2) is 28.7 Å². The van der Waals surface area contributed by atoms with Crippen LogP contribution in [0.5, 0.6) is 0 Å². The SMILES string of the molecule is CC(C)CNCC1(Cc2cccc(Br)c2)CC2CCC1C2. The van der Waals surface area contributed by atoms with Crippen LogP contribution >= 0.6 is 15.9 Å². The smallest absolute Gasteiger partial charge is 0.0177 e. The number of nitrogens with one attached hydrogen (secondary N) is 1. The zero-order chi connectivity index (χ0) is 14.9. The topological polar surface area (TPSA) is 12.0 Å². The highest BCUT2D eigenvalue weighted by atomic mass is 79.9. The standard InChI is InChI=1S/C19H28BrN/c1-14(2)12-21-13-19(11-16-6-7-17(19)8-16)10-15-4-3-5-18(20)9-15/h3-5,9,14,16-17,21H,6-8,10-13H2,1-2H3. The summed E-state index contributed by atoms with van der Waals surface area (Å²) in [5.74, 6) is 2.69. The van der Waals surface area contributed by atoms with Crippen LogP contribution in [0.4, 0.5) is 0 Å². The summed E-state index contributed by atoms with van der Waals surface area (Å²) in [5, 5.41) is 3.78. The molecule has 3 rings (SSSR count). The predicted octanol–water partition coefficient (Wildman–Crippen LogP) is 5.04. The minimum absolute atomic E-state index is 0.513. The fraction of sp³-hybridized carbons (Fsp3) is 0.684. The van der Waals surface area contributed by atoms with Gasteiger partial charge in [0.15, 0.2) is 0 Å². The second-order valence-electron chi connectivity index (χ2n) is 7.77. The van der Waals surface area contributed by atoms with Crippen LogP contribution in [-0.2, 0) is 6.42 Å². The molecule has 0 aromatic heterocycles. The van der Waals surface area contributed by atoms with Crippen molar-refractivity contribution in [3.05, 3.63) is 34.3 Å². The van der Waals surface area contributed by atoms with Crippen molar-refractivity contribution in [3.8, 4) is 0 Å². The molecule has 0 spiro atoms. The van der Waals surface area contributed by atoms with Gasteiger partial charge in [0, 0.05) is 11.0 Å². The maximum absolute atomic E-state index is 3.78. The monoisotopic (exact) mass is 349 g/mol. The molecule has 1 N–H and O–H groups in total. The van der Waals surface area contributed by atoms with E-state index in [4.69, 9.17) is 0 Å². The van der Waals surface area contributed by atoms with Crippen molar-refractivity contribution in [2.24, 2.45) is 23.2 Å². The normalized spacial score (nSPS) is 31.2. The van der Waals surface area contributed by atoms with Crippen LogP contribution in [0.3, 0.4) is 0 Å². The molecule has 2 aliphatic rings. The van der Waals surface area contributed by atoms with E-state index in [9.17, 15) is 0 Å². The van der Waals surface area contributed by atoms with Gasteiger partial charge in [-0.05, 0) is 73.1 Å². The first kappa shape index (κ1) is 15.6. The molecule has 1 nitrogen and oxygen atoms in total. The molecule has 21 heavy (non-hydrogen) atoms. The number of rotatable bonds is 6. The third-order valence-electron chi connectivity index (χ3n) is 5.58. The molecule has 2 bridgehead atoms. The lowest BCUT2D eigenvalue weighted by molar-refractivity contribution is 0.155. The summed E-state index contributed by atoms with van der Waals surface area (Å²) in [5.41, 5.74) is 2.02. The Morgan fingerprint density at radius 1 is 1.33 bits per heavy atom. The van der Waals surface area contributed by atoms with E-state index in [1.54, 1.807) is 0 Å². The van der Waals surface area contributed by atoms with Crippen LogP contribution in [-0.4, -0.2) is 13.1 Å². The van der Waals surface area contributed by atoms with Crippen LogP contribution in [0, 0.1) is 23.2 Å². The summed E-state index contributed by atoms with van der Waals surface area (Å²) in [6, 6.07) is 8.94. The lowest BCUT2D eigenvalue weighted by Gasteiger charge is -2.39. The minimum atomic E-state index is 0.513. The lowest BCUT2D eigenvalue weighted by atomic mass is 9.69. The molecular formula is C19H28BrN. The third kappa shape index (κ3) is 3.53. The van der Waals surface area contributed by atoms with Gasteiger partial charge in [-0.2, -0.15) is 0 Å². The van der Waals surface area contributed by atoms with E-state index in [0.717, 1.165) is 24.3 Å². The van der Waals surface area contributed by atoms with Crippen LogP contribution < -0.4 is 5.32 Å². The summed E-state index contributed by atoms with van der Waals surface area (Å²) < 4.78 is 1.22. The highest BCUT2D eigenvalue weighted by Gasteiger charge is 2.50. The Kier molecular flexibility index (Phi) is 4.75. The summed E-state index contributed by atoms with van der Waals surface area (Å²) in [6.07, 6.45) is 7.11. The molecule has 2 heteroatoms. The van der Waals surface area contributed by atoms with E-state index < -0.39 is 0 Å². The van der Waals surface area contributed by atoms with Gasteiger partial charge in [0.25, 0.3) is 0 Å². The quantitative estimate of drug-likeness (QED) is 0.758. The maximum Gasteiger partial charge on any atom is 0.0177 e. The fourth-order valence-electron chi connectivity index (χ4n) is 4.72. The first-order chi connectivity index (χ1) is 10.1. The molecular weight excluding hydrogens is 322 g/mol. The van der Waals surface area contributed by atoms with Gasteiger partial charge in [-0.3, -0.25) is 0 Å². The highest BCUT2D eigenvalue weighted by molar-refractivity contribution is 9.10. The molecule has 0 aliphatic heterocycles. The summed E-state index contributed by atoms with van der Waals surface area (Å²) in [7, 11) is 0. The van der Waals surface area contributed by atoms with Gasteiger partial charge in [-0.25, -0.2) is 0 Å². The first-order valence-corrected chi connectivity index (χ1v) is 9.32. The summed E-state index contributed by atoms with van der Waals surface area (Å²) in [6.45, 7) is 6.96. The summed E-state index contributed by atoms with van der Waals surface area (Å²) in [4.78, 5) is 0. The lowest BCUT2D eigenvalue weighted by Crippen LogP contribution is -2.41. The van der Waals surface area contributed by atoms with Gasteiger partial charge < -0.3 is 5.32 Å². The zero-order valence-corrected chi connectivity index (χ0v) is 15.0. The molecule has 0 amide bonds. The second-order valence-corrected chi connectivity index (χ2v) is 8.69. The van der Waals surface area contributed by atoms with Crippen LogP contribution in [0.2, 0.25) is 0 Å². The number of hydrogen-bond acceptors (Lipinski definition) is 1. The first-order valence-electron chi connectivity index (χ1n) is 8.52. The Labute approximate surface area is 138 Å². The van der Waals surface area contributed by atoms with Crippen molar-refractivity contribution in [2.75, 3.05) is 13.1 Å². The molecule has 3 atom stereocenters. The summed E-state index contributed by atoms with van der Waals surface area (Å²) >= 11 is 3.63. The molecule has 1 aromatic rings. The number of hydrogen-bond donors (Lipinski definition) is 1. The Hall–Kier alpha value is -0.340. The largest absolute Gasteiger partial charge is 0.316 e. The predicted molar refractivity (Wildman–Crippen MR) is 93.4 cm³/mol. The molecule has 1 aromatic carbocycles. The third-order valence-corrected chi connectivity index (χ3v) is 6.07. The molecule has 2 fully saturated rings. The fourth-order valence-corrected chi connectivity index (χ4v) is 5.16. The van der Waals surface area contributed by atoms with Gasteiger partial charge >= 0.3 is 0 Å². The van der Waals surface area contributed by atoms with E-state index in [1.807, 2.05) is 0 Å². The van der Waals surface area contributed by atoms with Gasteiger partial charge in [0.1, 0.15) is 0 Å². The number of halogens is 1. The number of fused-ring (bicyclic) bond motifs is 2. The molecule has 2 saturated carbocycles. The zero-order valence-electron chi connectivity index (χ0n) is 13.4. The van der Waals surface area contributed by atoms with Crippen LogP contribution in [0.1, 0.15) is 45.1 Å². The van der Waals surface area contributed by atoms with Crippen molar-refractivity contribution in [1.29, 1.82) is 0 Å². The van der Waals surface area contributed by atoms with Crippen molar-refractivity contribution >= 4 is 15.9 Å². The molecule has 116 valence electrons. The molecule has 3 unspecified atom stereocenters. The Morgan fingerprint density at radius 2 is 2.19 bits per heavy atom. The van der Waals surface area contributed by atoms with Gasteiger partial charge in [0.2, 0.25) is 0 Å². The molecule has 0 radical (unpaired) electrons. The van der Waals surface area contributed by atoms with E-state index in [0.29, 0.717) is 5.41 Å². The van der Waals surface area contributed by atoms with Crippen molar-refractivity contribution in [1.82, 2.24) is 5.32 Å². The van der Waals surface area contributed by atoms with E-state index in [2.05, 4.69) is 59.4 Å². The highest BCUT2D eigenvalue weighted by Crippen LogP contribution is 2.57. The van der Waals surface area contributed by atoms with Gasteiger partial charge in [-0.15, -0.1) is 0 Å². The number of benzene rings is 1. The van der Waals surface area contributed by atoms with E-state index >= 15 is 0 Å². The van der Waals surface area contributed by atoms with Crippen molar-refractivity contribution < 1.29 is 0 Å². The Morgan fingerprint density at radius 3 is 2.81 bits per heavy atom. The average Bonchev–Trinajstić information content (AvgIpc) is 2.99. The van der Waals surface area contributed by atoms with Gasteiger partial charge in [-0.1, -0.05) is 48.3 Å². The average molecular weight is 350 g/mol. The second kappa shape index (κ2) is 6.42. The Bertz CT molecular complexity index is 484. The molecule has 0 saturated heterocycles.